The molecule has 3 N–H and O–H groups in total. The second kappa shape index (κ2) is 4.30. The van der Waals surface area contributed by atoms with Crippen molar-refractivity contribution >= 4 is 16.7 Å². The second-order valence-electron chi connectivity index (χ2n) is 5.07. The molecule has 0 aliphatic rings. The van der Waals surface area contributed by atoms with Gasteiger partial charge in [0.2, 0.25) is 0 Å². The largest absolute Gasteiger partial charge is 0.497 e. The average Bonchev–Trinajstić information content (AvgIpc) is 2.93. The van der Waals surface area contributed by atoms with Crippen molar-refractivity contribution in [1.82, 2.24) is 14.8 Å². The predicted molar refractivity (Wildman–Crippen MR) is 80.9 cm³/mol. The molecule has 2 aromatic heterocycles. The fourth-order valence-electron chi connectivity index (χ4n) is 2.84. The van der Waals surface area contributed by atoms with Crippen LogP contribution in [-0.2, 0) is 7.05 Å². The number of methoxy groups -OCH3 is 1. The molecule has 0 amide bonds. The Bertz CT molecular complexity index is 798. The minimum Gasteiger partial charge on any atom is -0.497 e. The van der Waals surface area contributed by atoms with Crippen LogP contribution in [0, 0.1) is 13.8 Å². The number of rotatable bonds is 2. The maximum Gasteiger partial charge on any atom is 0.145 e. The van der Waals surface area contributed by atoms with Crippen molar-refractivity contribution in [2.75, 3.05) is 12.8 Å². The van der Waals surface area contributed by atoms with E-state index in [1.165, 1.54) is 16.8 Å². The summed E-state index contributed by atoms with van der Waals surface area (Å²) in [4.78, 5) is 0. The van der Waals surface area contributed by atoms with E-state index in [9.17, 15) is 0 Å². The Labute approximate surface area is 117 Å². The van der Waals surface area contributed by atoms with E-state index in [2.05, 4.69) is 41.7 Å². The summed E-state index contributed by atoms with van der Waals surface area (Å²) < 4.78 is 7.58. The van der Waals surface area contributed by atoms with E-state index in [-0.39, 0.29) is 0 Å². The van der Waals surface area contributed by atoms with Gasteiger partial charge in [-0.3, -0.25) is 5.10 Å². The number of nitrogens with two attached hydrogens (primary N) is 1. The van der Waals surface area contributed by atoms with E-state index in [1.807, 2.05) is 12.1 Å². The minimum absolute atomic E-state index is 0.496. The van der Waals surface area contributed by atoms with Gasteiger partial charge in [-0.15, -0.1) is 0 Å². The van der Waals surface area contributed by atoms with Gasteiger partial charge in [-0.1, -0.05) is 0 Å². The summed E-state index contributed by atoms with van der Waals surface area (Å²) in [5, 5.41) is 8.17. The van der Waals surface area contributed by atoms with E-state index in [4.69, 9.17) is 10.5 Å². The molecule has 0 saturated heterocycles. The number of aromatic amines is 1. The molecular formula is C15H18N4O. The highest BCUT2D eigenvalue weighted by atomic mass is 16.5. The highest BCUT2D eigenvalue weighted by molar-refractivity contribution is 5.99. The number of nitrogens with one attached hydrogen (secondary N) is 1. The molecule has 0 atom stereocenters. The Kier molecular flexibility index (Phi) is 2.71. The third-order valence-corrected chi connectivity index (χ3v) is 3.85. The number of aryl methyl sites for hydroxylation is 2. The molecular weight excluding hydrogens is 252 g/mol. The van der Waals surface area contributed by atoms with Crippen molar-refractivity contribution in [2.24, 2.45) is 7.05 Å². The smallest absolute Gasteiger partial charge is 0.145 e. The molecule has 0 saturated carbocycles. The summed E-state index contributed by atoms with van der Waals surface area (Å²) in [6, 6.07) is 5.96. The molecule has 5 nitrogen and oxygen atoms in total. The number of nitrogen functional groups attached to an aromatic ring is 1. The van der Waals surface area contributed by atoms with Gasteiger partial charge >= 0.3 is 0 Å². The maximum absolute atomic E-state index is 5.73. The number of fused-ring (bicyclic) bond motifs is 1. The molecule has 0 spiro atoms. The fraction of sp³-hybridized carbons (Fsp3) is 0.267. The monoisotopic (exact) mass is 270 g/mol. The lowest BCUT2D eigenvalue weighted by molar-refractivity contribution is 0.415. The molecule has 0 fully saturated rings. The van der Waals surface area contributed by atoms with Crippen LogP contribution in [0.2, 0.25) is 0 Å². The van der Waals surface area contributed by atoms with Gasteiger partial charge in [0.1, 0.15) is 11.6 Å². The first-order valence-corrected chi connectivity index (χ1v) is 6.47. The molecule has 0 aliphatic carbocycles. The van der Waals surface area contributed by atoms with E-state index in [0.717, 1.165) is 22.4 Å². The van der Waals surface area contributed by atoms with Gasteiger partial charge in [0, 0.05) is 29.8 Å². The number of nitrogens with zero attached hydrogens (tertiary/aromatic N) is 2. The van der Waals surface area contributed by atoms with Crippen molar-refractivity contribution in [3.8, 4) is 17.0 Å². The predicted octanol–water partition coefficient (Wildman–Crippen LogP) is 2.78. The highest BCUT2D eigenvalue weighted by Crippen LogP contribution is 2.37. The van der Waals surface area contributed by atoms with Crippen molar-refractivity contribution in [2.45, 2.75) is 13.8 Å². The second-order valence-corrected chi connectivity index (χ2v) is 5.07. The van der Waals surface area contributed by atoms with Crippen molar-refractivity contribution in [1.29, 1.82) is 0 Å². The summed E-state index contributed by atoms with van der Waals surface area (Å²) >= 11 is 0. The van der Waals surface area contributed by atoms with Crippen LogP contribution >= 0.6 is 0 Å². The number of anilines is 1. The third kappa shape index (κ3) is 1.66. The van der Waals surface area contributed by atoms with Crippen LogP contribution in [0.5, 0.6) is 5.75 Å². The lowest BCUT2D eigenvalue weighted by Crippen LogP contribution is -1.93. The van der Waals surface area contributed by atoms with Crippen LogP contribution < -0.4 is 10.5 Å². The Hall–Kier alpha value is -2.43. The summed E-state index contributed by atoms with van der Waals surface area (Å²) in [6.07, 6.45) is 0. The van der Waals surface area contributed by atoms with E-state index in [1.54, 1.807) is 7.11 Å². The van der Waals surface area contributed by atoms with Crippen molar-refractivity contribution in [3.63, 3.8) is 0 Å². The summed E-state index contributed by atoms with van der Waals surface area (Å²) in [7, 11) is 3.75. The Morgan fingerprint density at radius 1 is 1.25 bits per heavy atom. The molecule has 3 rings (SSSR count). The molecule has 0 bridgehead atoms. The maximum atomic E-state index is 5.73. The summed E-state index contributed by atoms with van der Waals surface area (Å²) in [5.74, 6) is 1.35. The first kappa shape index (κ1) is 12.6. The lowest BCUT2D eigenvalue weighted by Gasteiger charge is -2.05. The number of ether oxygens (including phenoxy) is 1. The zero-order valence-corrected chi connectivity index (χ0v) is 12.1. The molecule has 0 aliphatic heterocycles. The molecule has 2 heterocycles. The van der Waals surface area contributed by atoms with Crippen molar-refractivity contribution < 1.29 is 4.74 Å². The van der Waals surface area contributed by atoms with Crippen LogP contribution in [0.25, 0.3) is 22.2 Å². The Balaban J connectivity index is 2.42. The highest BCUT2D eigenvalue weighted by Gasteiger charge is 2.17. The quantitative estimate of drug-likeness (QED) is 0.752. The van der Waals surface area contributed by atoms with E-state index >= 15 is 0 Å². The van der Waals surface area contributed by atoms with Crippen LogP contribution in [0.3, 0.4) is 0 Å². The number of benzene rings is 1. The van der Waals surface area contributed by atoms with Gasteiger partial charge in [-0.2, -0.15) is 5.10 Å². The molecule has 104 valence electrons. The van der Waals surface area contributed by atoms with Crippen LogP contribution in [-0.4, -0.2) is 21.9 Å². The molecule has 20 heavy (non-hydrogen) atoms. The standard InChI is InChI=1S/C15H18N4O/c1-8-5-10(20-4)6-11-14(9(2)19(3)15(8)11)12-7-13(16)18-17-12/h5-7H,1-4H3,(H3,16,17,18). The minimum atomic E-state index is 0.496. The Morgan fingerprint density at radius 2 is 2.00 bits per heavy atom. The summed E-state index contributed by atoms with van der Waals surface area (Å²) in [6.45, 7) is 4.19. The molecule has 1 aromatic carbocycles. The first-order valence-electron chi connectivity index (χ1n) is 6.47. The molecule has 0 radical (unpaired) electrons. The number of hydrogen-bond donors (Lipinski definition) is 2. The van der Waals surface area contributed by atoms with Gasteiger partial charge in [0.05, 0.1) is 18.3 Å². The molecule has 5 heteroatoms. The van der Waals surface area contributed by atoms with Crippen molar-refractivity contribution in [3.05, 3.63) is 29.5 Å². The number of hydrogen-bond acceptors (Lipinski definition) is 3. The molecule has 0 unspecified atom stereocenters. The fourth-order valence-corrected chi connectivity index (χ4v) is 2.84. The average molecular weight is 270 g/mol. The van der Waals surface area contributed by atoms with Crippen LogP contribution in [0.15, 0.2) is 18.2 Å². The normalized spacial score (nSPS) is 11.2. The Morgan fingerprint density at radius 3 is 2.60 bits per heavy atom. The SMILES string of the molecule is COc1cc(C)c2c(c1)c(-c1cc(N)n[nH]1)c(C)n2C. The topological polar surface area (TPSA) is 68.9 Å². The zero-order valence-electron chi connectivity index (χ0n) is 12.1. The van der Waals surface area contributed by atoms with Crippen LogP contribution in [0.1, 0.15) is 11.3 Å². The molecule has 3 aromatic rings. The van der Waals surface area contributed by atoms with Gasteiger partial charge < -0.3 is 15.0 Å². The van der Waals surface area contributed by atoms with E-state index < -0.39 is 0 Å². The zero-order chi connectivity index (χ0) is 14.4. The lowest BCUT2D eigenvalue weighted by atomic mass is 10.1. The van der Waals surface area contributed by atoms with Crippen LogP contribution in [0.4, 0.5) is 5.82 Å². The van der Waals surface area contributed by atoms with Gasteiger partial charge in [-0.25, -0.2) is 0 Å². The van der Waals surface area contributed by atoms with Gasteiger partial charge in [0.25, 0.3) is 0 Å². The third-order valence-electron chi connectivity index (χ3n) is 3.85. The summed E-state index contributed by atoms with van der Waals surface area (Å²) in [5.41, 5.74) is 11.3. The number of H-pyrrole nitrogens is 1. The van der Waals surface area contributed by atoms with Gasteiger partial charge in [-0.05, 0) is 31.5 Å². The number of aromatic nitrogens is 3. The van der Waals surface area contributed by atoms with Gasteiger partial charge in [0.15, 0.2) is 0 Å². The van der Waals surface area contributed by atoms with E-state index in [0.29, 0.717) is 5.82 Å². The first-order chi connectivity index (χ1) is 9.52.